The van der Waals surface area contributed by atoms with Crippen LogP contribution in [-0.2, 0) is 4.79 Å². The number of nitrogens with zero attached hydrogens (tertiary/aromatic N) is 1. The number of amides is 2. The minimum Gasteiger partial charge on any atom is -0.353 e. The van der Waals surface area contributed by atoms with E-state index < -0.39 is 0 Å². The monoisotopic (exact) mass is 388 g/mol. The molecule has 4 nitrogen and oxygen atoms in total. The molecular weight excluding hydrogens is 360 g/mol. The Morgan fingerprint density at radius 3 is 2.59 bits per heavy atom. The van der Waals surface area contributed by atoms with E-state index in [1.165, 1.54) is 25.7 Å². The van der Waals surface area contributed by atoms with Crippen LogP contribution < -0.4 is 5.32 Å². The number of benzene rings is 1. The average molecular weight is 389 g/mol. The van der Waals surface area contributed by atoms with Gasteiger partial charge in [0.2, 0.25) is 5.91 Å². The standard InChI is InChI=1S/C22H29ClN2O2/c1-14(20-12-15-4-5-17(20)11-15)24-21(26)18-3-2-10-25(13-18)22(27)16-6-8-19(23)9-7-16/h6-9,14-15,17-18,20H,2-5,10-13H2,1H3,(H,24,26)/t14-,15-,17-,18+,20-/m0/s1. The highest BCUT2D eigenvalue weighted by atomic mass is 35.5. The van der Waals surface area contributed by atoms with Crippen molar-refractivity contribution in [2.24, 2.45) is 23.7 Å². The fraction of sp³-hybridized carbons (Fsp3) is 0.636. The first kappa shape index (κ1) is 18.8. The smallest absolute Gasteiger partial charge is 0.253 e. The van der Waals surface area contributed by atoms with Crippen molar-refractivity contribution in [1.82, 2.24) is 10.2 Å². The number of likely N-dealkylation sites (tertiary alicyclic amines) is 1. The number of rotatable bonds is 4. The number of halogens is 1. The molecule has 2 aliphatic carbocycles. The molecular formula is C22H29ClN2O2. The minimum absolute atomic E-state index is 0.00896. The van der Waals surface area contributed by atoms with Crippen molar-refractivity contribution in [1.29, 1.82) is 0 Å². The summed E-state index contributed by atoms with van der Waals surface area (Å²) < 4.78 is 0. The van der Waals surface area contributed by atoms with Crippen LogP contribution in [0.5, 0.6) is 0 Å². The van der Waals surface area contributed by atoms with Gasteiger partial charge in [-0.05, 0) is 81.0 Å². The predicted molar refractivity (Wildman–Crippen MR) is 107 cm³/mol. The van der Waals surface area contributed by atoms with Crippen LogP contribution in [0.4, 0.5) is 0 Å². The minimum atomic E-state index is -0.101. The molecule has 1 saturated heterocycles. The first-order chi connectivity index (χ1) is 13.0. The van der Waals surface area contributed by atoms with Gasteiger partial charge in [-0.15, -0.1) is 0 Å². The molecule has 5 atom stereocenters. The summed E-state index contributed by atoms with van der Waals surface area (Å²) in [6.07, 6.45) is 7.09. The summed E-state index contributed by atoms with van der Waals surface area (Å²) in [5.41, 5.74) is 0.635. The summed E-state index contributed by atoms with van der Waals surface area (Å²) in [6.45, 7) is 3.40. The van der Waals surface area contributed by atoms with Gasteiger partial charge in [0.25, 0.3) is 5.91 Å². The summed E-state index contributed by atoms with van der Waals surface area (Å²) >= 11 is 5.91. The number of carbonyl (C=O) groups excluding carboxylic acids is 2. The summed E-state index contributed by atoms with van der Waals surface area (Å²) in [4.78, 5) is 27.4. The van der Waals surface area contributed by atoms with Crippen LogP contribution in [0.3, 0.4) is 0 Å². The molecule has 0 unspecified atom stereocenters. The molecule has 2 saturated carbocycles. The highest BCUT2D eigenvalue weighted by molar-refractivity contribution is 6.30. The average Bonchev–Trinajstić information content (AvgIpc) is 3.32. The van der Waals surface area contributed by atoms with E-state index in [4.69, 9.17) is 11.6 Å². The number of hydrogen-bond acceptors (Lipinski definition) is 2. The molecule has 3 fully saturated rings. The molecule has 1 aromatic carbocycles. The Morgan fingerprint density at radius 1 is 1.15 bits per heavy atom. The second-order valence-electron chi connectivity index (χ2n) is 8.73. The van der Waals surface area contributed by atoms with E-state index in [1.807, 2.05) is 4.90 Å². The molecule has 27 heavy (non-hydrogen) atoms. The third-order valence-electron chi connectivity index (χ3n) is 6.98. The molecule has 0 spiro atoms. The van der Waals surface area contributed by atoms with Gasteiger partial charge in [0.05, 0.1) is 5.92 Å². The molecule has 146 valence electrons. The number of carbonyl (C=O) groups is 2. The Kier molecular flexibility index (Phi) is 5.45. The molecule has 1 aromatic rings. The molecule has 0 aromatic heterocycles. The van der Waals surface area contributed by atoms with Gasteiger partial charge in [-0.2, -0.15) is 0 Å². The van der Waals surface area contributed by atoms with Gasteiger partial charge in [0, 0.05) is 29.7 Å². The Bertz CT molecular complexity index is 705. The van der Waals surface area contributed by atoms with Crippen LogP contribution >= 0.6 is 11.6 Å². The number of nitrogens with one attached hydrogen (secondary N) is 1. The van der Waals surface area contributed by atoms with Crippen LogP contribution in [0.2, 0.25) is 5.02 Å². The van der Waals surface area contributed by atoms with Crippen molar-refractivity contribution in [3.8, 4) is 0 Å². The number of fused-ring (bicyclic) bond motifs is 2. The third-order valence-corrected chi connectivity index (χ3v) is 7.23. The van der Waals surface area contributed by atoms with Gasteiger partial charge in [-0.25, -0.2) is 0 Å². The Hall–Kier alpha value is -1.55. The molecule has 2 bridgehead atoms. The highest BCUT2D eigenvalue weighted by Gasteiger charge is 2.42. The number of hydrogen-bond donors (Lipinski definition) is 1. The first-order valence-corrected chi connectivity index (χ1v) is 10.7. The van der Waals surface area contributed by atoms with Crippen molar-refractivity contribution in [2.45, 2.75) is 51.5 Å². The summed E-state index contributed by atoms with van der Waals surface area (Å²) in [7, 11) is 0. The van der Waals surface area contributed by atoms with Crippen molar-refractivity contribution in [3.05, 3.63) is 34.9 Å². The summed E-state index contributed by atoms with van der Waals surface area (Å²) in [6, 6.07) is 7.23. The van der Waals surface area contributed by atoms with Gasteiger partial charge in [0.1, 0.15) is 0 Å². The van der Waals surface area contributed by atoms with Crippen molar-refractivity contribution < 1.29 is 9.59 Å². The van der Waals surface area contributed by atoms with E-state index >= 15 is 0 Å². The van der Waals surface area contributed by atoms with Crippen LogP contribution in [0.15, 0.2) is 24.3 Å². The van der Waals surface area contributed by atoms with Crippen LogP contribution in [0.25, 0.3) is 0 Å². The lowest BCUT2D eigenvalue weighted by atomic mass is 9.83. The molecule has 1 aliphatic heterocycles. The predicted octanol–water partition coefficient (Wildman–Crippen LogP) is 4.13. The summed E-state index contributed by atoms with van der Waals surface area (Å²) in [5.74, 6) is 2.35. The normalized spacial score (nSPS) is 31.0. The van der Waals surface area contributed by atoms with Crippen LogP contribution in [-0.4, -0.2) is 35.8 Å². The lowest BCUT2D eigenvalue weighted by Crippen LogP contribution is -2.49. The van der Waals surface area contributed by atoms with E-state index in [0.717, 1.165) is 24.7 Å². The highest BCUT2D eigenvalue weighted by Crippen LogP contribution is 2.49. The maximum Gasteiger partial charge on any atom is 0.253 e. The zero-order valence-electron chi connectivity index (χ0n) is 16.0. The summed E-state index contributed by atoms with van der Waals surface area (Å²) in [5, 5.41) is 3.91. The molecule has 1 N–H and O–H groups in total. The SMILES string of the molecule is C[C@H](NC(=O)[C@@H]1CCCN(C(=O)c2ccc(Cl)cc2)C1)[C@@H]1C[C@H]2CC[C@H]1C2. The van der Waals surface area contributed by atoms with Gasteiger partial charge in [-0.1, -0.05) is 18.0 Å². The molecule has 5 heteroatoms. The largest absolute Gasteiger partial charge is 0.353 e. The first-order valence-electron chi connectivity index (χ1n) is 10.4. The van der Waals surface area contributed by atoms with Crippen LogP contribution in [0, 0.1) is 23.7 Å². The maximum atomic E-state index is 12.9. The Balaban J connectivity index is 1.34. The van der Waals surface area contributed by atoms with E-state index in [2.05, 4.69) is 12.2 Å². The van der Waals surface area contributed by atoms with Gasteiger partial charge < -0.3 is 10.2 Å². The molecule has 4 rings (SSSR count). The fourth-order valence-corrected chi connectivity index (χ4v) is 5.63. The Morgan fingerprint density at radius 2 is 1.93 bits per heavy atom. The number of piperidine rings is 1. The van der Waals surface area contributed by atoms with E-state index in [1.54, 1.807) is 24.3 Å². The Labute approximate surface area is 166 Å². The van der Waals surface area contributed by atoms with E-state index in [0.29, 0.717) is 29.6 Å². The van der Waals surface area contributed by atoms with Gasteiger partial charge >= 0.3 is 0 Å². The third kappa shape index (κ3) is 4.01. The molecule has 1 heterocycles. The quantitative estimate of drug-likeness (QED) is 0.842. The second-order valence-corrected chi connectivity index (χ2v) is 9.17. The lowest BCUT2D eigenvalue weighted by molar-refractivity contribution is -0.127. The molecule has 0 radical (unpaired) electrons. The van der Waals surface area contributed by atoms with Crippen molar-refractivity contribution in [2.75, 3.05) is 13.1 Å². The van der Waals surface area contributed by atoms with Gasteiger partial charge in [0.15, 0.2) is 0 Å². The van der Waals surface area contributed by atoms with Crippen molar-refractivity contribution >= 4 is 23.4 Å². The van der Waals surface area contributed by atoms with Gasteiger partial charge in [-0.3, -0.25) is 9.59 Å². The zero-order valence-corrected chi connectivity index (χ0v) is 16.8. The fourth-order valence-electron chi connectivity index (χ4n) is 5.51. The topological polar surface area (TPSA) is 49.4 Å². The van der Waals surface area contributed by atoms with E-state index in [9.17, 15) is 9.59 Å². The second kappa shape index (κ2) is 7.83. The van der Waals surface area contributed by atoms with Crippen LogP contribution in [0.1, 0.15) is 55.8 Å². The lowest BCUT2D eigenvalue weighted by Gasteiger charge is -2.34. The molecule has 2 amide bonds. The zero-order chi connectivity index (χ0) is 19.0. The van der Waals surface area contributed by atoms with E-state index in [-0.39, 0.29) is 23.8 Å². The van der Waals surface area contributed by atoms with Crippen molar-refractivity contribution in [3.63, 3.8) is 0 Å². The molecule has 3 aliphatic rings. The maximum absolute atomic E-state index is 12.9.